The number of carbonyl (C=O) groups excluding carboxylic acids is 1. The minimum atomic E-state index is -3.70. The first-order valence-electron chi connectivity index (χ1n) is 10.8. The van der Waals surface area contributed by atoms with E-state index in [9.17, 15) is 13.2 Å². The topological polar surface area (TPSA) is 115 Å². The van der Waals surface area contributed by atoms with Gasteiger partial charge in [-0.3, -0.25) is 4.79 Å². The van der Waals surface area contributed by atoms with Crippen LogP contribution in [0.15, 0.2) is 57.9 Å². The Morgan fingerprint density at radius 2 is 1.91 bits per heavy atom. The Morgan fingerprint density at radius 3 is 2.55 bits per heavy atom. The molecule has 1 aliphatic rings. The van der Waals surface area contributed by atoms with Gasteiger partial charge in [0.15, 0.2) is 0 Å². The zero-order chi connectivity index (χ0) is 23.4. The van der Waals surface area contributed by atoms with Crippen LogP contribution in [-0.2, 0) is 14.8 Å². The van der Waals surface area contributed by atoms with Gasteiger partial charge in [0.25, 0.3) is 0 Å². The van der Waals surface area contributed by atoms with Crippen LogP contribution in [0.3, 0.4) is 0 Å². The fraction of sp³-hybridized carbons (Fsp3) is 0.348. The van der Waals surface area contributed by atoms with Gasteiger partial charge in [0, 0.05) is 37.2 Å². The molecule has 9 nitrogen and oxygen atoms in total. The molecule has 1 fully saturated rings. The summed E-state index contributed by atoms with van der Waals surface area (Å²) < 4.78 is 38.2. The van der Waals surface area contributed by atoms with E-state index in [2.05, 4.69) is 15.5 Å². The van der Waals surface area contributed by atoms with Crippen LogP contribution in [0.2, 0.25) is 0 Å². The Morgan fingerprint density at radius 1 is 1.18 bits per heavy atom. The SMILES string of the molecule is CCOc1ccc(NC(=O)C2CCN(S(=O)(=O)c3cccc(-c4noc(C)n4)c3)CC2)cc1. The van der Waals surface area contributed by atoms with Gasteiger partial charge in [-0.25, -0.2) is 8.42 Å². The predicted molar refractivity (Wildman–Crippen MR) is 122 cm³/mol. The fourth-order valence-corrected chi connectivity index (χ4v) is 5.28. The van der Waals surface area contributed by atoms with Gasteiger partial charge < -0.3 is 14.6 Å². The molecule has 4 rings (SSSR count). The highest BCUT2D eigenvalue weighted by Crippen LogP contribution is 2.27. The Kier molecular flexibility index (Phi) is 6.75. The first-order chi connectivity index (χ1) is 15.9. The number of hydrogen-bond donors (Lipinski definition) is 1. The van der Waals surface area contributed by atoms with E-state index in [1.54, 1.807) is 55.5 Å². The number of nitrogens with one attached hydrogen (secondary N) is 1. The summed E-state index contributed by atoms with van der Waals surface area (Å²) in [5.74, 6) is 1.13. The van der Waals surface area contributed by atoms with Gasteiger partial charge in [-0.05, 0) is 56.2 Å². The van der Waals surface area contributed by atoms with Crippen molar-refractivity contribution in [2.45, 2.75) is 31.6 Å². The van der Waals surface area contributed by atoms with Crippen molar-refractivity contribution in [1.29, 1.82) is 0 Å². The number of anilines is 1. The number of sulfonamides is 1. The zero-order valence-corrected chi connectivity index (χ0v) is 19.3. The van der Waals surface area contributed by atoms with Crippen LogP contribution in [0.25, 0.3) is 11.4 Å². The maximum atomic E-state index is 13.2. The second-order valence-corrected chi connectivity index (χ2v) is 9.73. The molecule has 1 amide bonds. The maximum Gasteiger partial charge on any atom is 0.243 e. The van der Waals surface area contributed by atoms with Crippen molar-refractivity contribution in [2.24, 2.45) is 5.92 Å². The van der Waals surface area contributed by atoms with E-state index < -0.39 is 10.0 Å². The minimum Gasteiger partial charge on any atom is -0.494 e. The molecule has 0 unspecified atom stereocenters. The molecule has 1 aromatic heterocycles. The number of piperidine rings is 1. The van der Waals surface area contributed by atoms with Gasteiger partial charge in [0.1, 0.15) is 5.75 Å². The summed E-state index contributed by atoms with van der Waals surface area (Å²) in [6, 6.07) is 13.7. The monoisotopic (exact) mass is 470 g/mol. The number of nitrogens with zero attached hydrogens (tertiary/aromatic N) is 3. The van der Waals surface area contributed by atoms with Crippen molar-refractivity contribution >= 4 is 21.6 Å². The summed E-state index contributed by atoms with van der Waals surface area (Å²) in [6.07, 6.45) is 0.900. The number of carbonyl (C=O) groups is 1. The van der Waals surface area contributed by atoms with Crippen LogP contribution < -0.4 is 10.1 Å². The molecule has 1 saturated heterocycles. The van der Waals surface area contributed by atoms with Gasteiger partial charge in [-0.2, -0.15) is 9.29 Å². The third-order valence-electron chi connectivity index (χ3n) is 5.52. The molecule has 0 spiro atoms. The molecule has 0 atom stereocenters. The van der Waals surface area contributed by atoms with Crippen LogP contribution in [0.1, 0.15) is 25.7 Å². The van der Waals surface area contributed by atoms with Crippen molar-refractivity contribution < 1.29 is 22.5 Å². The highest BCUT2D eigenvalue weighted by molar-refractivity contribution is 7.89. The lowest BCUT2D eigenvalue weighted by Gasteiger charge is -2.30. The predicted octanol–water partition coefficient (Wildman–Crippen LogP) is 3.48. The van der Waals surface area contributed by atoms with E-state index in [1.165, 1.54) is 4.31 Å². The second-order valence-electron chi connectivity index (χ2n) is 7.79. The van der Waals surface area contributed by atoms with Crippen molar-refractivity contribution in [3.63, 3.8) is 0 Å². The van der Waals surface area contributed by atoms with Crippen molar-refractivity contribution in [3.05, 3.63) is 54.4 Å². The molecular formula is C23H26N4O5S. The first kappa shape index (κ1) is 22.9. The number of benzene rings is 2. The van der Waals surface area contributed by atoms with E-state index in [0.717, 1.165) is 5.75 Å². The van der Waals surface area contributed by atoms with E-state index >= 15 is 0 Å². The van der Waals surface area contributed by atoms with Crippen LogP contribution in [0, 0.1) is 12.8 Å². The minimum absolute atomic E-state index is 0.106. The van der Waals surface area contributed by atoms with Gasteiger partial charge in [-0.1, -0.05) is 17.3 Å². The van der Waals surface area contributed by atoms with Crippen LogP contribution in [0.4, 0.5) is 5.69 Å². The molecule has 0 bridgehead atoms. The smallest absolute Gasteiger partial charge is 0.243 e. The molecule has 1 aliphatic heterocycles. The molecule has 0 saturated carbocycles. The summed E-state index contributed by atoms with van der Waals surface area (Å²) in [5.41, 5.74) is 1.25. The van der Waals surface area contributed by atoms with Crippen LogP contribution in [-0.4, -0.2) is 48.5 Å². The largest absolute Gasteiger partial charge is 0.494 e. The molecule has 2 aromatic carbocycles. The third kappa shape index (κ3) is 5.23. The lowest BCUT2D eigenvalue weighted by molar-refractivity contribution is -0.120. The highest BCUT2D eigenvalue weighted by Gasteiger charge is 2.32. The lowest BCUT2D eigenvalue weighted by atomic mass is 9.97. The second kappa shape index (κ2) is 9.72. The Hall–Kier alpha value is -3.24. The summed E-state index contributed by atoms with van der Waals surface area (Å²) in [5, 5.41) is 6.76. The van der Waals surface area contributed by atoms with Gasteiger partial charge in [0.2, 0.25) is 27.6 Å². The first-order valence-corrected chi connectivity index (χ1v) is 12.3. The van der Waals surface area contributed by atoms with E-state index in [1.807, 2.05) is 6.92 Å². The average Bonchev–Trinajstić information content (AvgIpc) is 3.27. The summed E-state index contributed by atoms with van der Waals surface area (Å²) in [6.45, 7) is 4.71. The highest BCUT2D eigenvalue weighted by atomic mass is 32.2. The average molecular weight is 471 g/mol. The molecule has 0 radical (unpaired) electrons. The molecule has 174 valence electrons. The Bertz CT molecular complexity index is 1220. The number of amides is 1. The zero-order valence-electron chi connectivity index (χ0n) is 18.5. The van der Waals surface area contributed by atoms with Crippen LogP contribution in [0.5, 0.6) is 5.75 Å². The van der Waals surface area contributed by atoms with E-state index in [4.69, 9.17) is 9.26 Å². The van der Waals surface area contributed by atoms with Crippen molar-refractivity contribution in [3.8, 4) is 17.1 Å². The normalized spacial score (nSPS) is 15.3. The van der Waals surface area contributed by atoms with Gasteiger partial charge >= 0.3 is 0 Å². The standard InChI is InChI=1S/C23H26N4O5S/c1-3-31-20-9-7-19(8-10-20)25-23(28)17-11-13-27(14-12-17)33(29,30)21-6-4-5-18(15-21)22-24-16(2)32-26-22/h4-10,15,17H,3,11-14H2,1-2H3,(H,25,28). The summed E-state index contributed by atoms with van der Waals surface area (Å²) in [4.78, 5) is 17.0. The number of aryl methyl sites for hydroxylation is 1. The maximum absolute atomic E-state index is 13.2. The van der Waals surface area contributed by atoms with Crippen molar-refractivity contribution in [2.75, 3.05) is 25.0 Å². The molecular weight excluding hydrogens is 444 g/mol. The summed E-state index contributed by atoms with van der Waals surface area (Å²) in [7, 11) is -3.70. The summed E-state index contributed by atoms with van der Waals surface area (Å²) >= 11 is 0. The number of rotatable bonds is 7. The quantitative estimate of drug-likeness (QED) is 0.562. The molecule has 10 heteroatoms. The Labute approximate surface area is 192 Å². The number of aromatic nitrogens is 2. The van der Waals surface area contributed by atoms with E-state index in [-0.39, 0.29) is 29.8 Å². The third-order valence-corrected chi connectivity index (χ3v) is 7.41. The molecule has 2 heterocycles. The molecule has 0 aliphatic carbocycles. The molecule has 33 heavy (non-hydrogen) atoms. The Balaban J connectivity index is 1.38. The van der Waals surface area contributed by atoms with Crippen molar-refractivity contribution in [1.82, 2.24) is 14.4 Å². The molecule has 3 aromatic rings. The number of hydrogen-bond acceptors (Lipinski definition) is 7. The van der Waals surface area contributed by atoms with Crippen LogP contribution >= 0.6 is 0 Å². The lowest BCUT2D eigenvalue weighted by Crippen LogP contribution is -2.41. The van der Waals surface area contributed by atoms with E-state index in [0.29, 0.717) is 42.4 Å². The number of ether oxygens (including phenoxy) is 1. The molecule has 1 N–H and O–H groups in total. The van der Waals surface area contributed by atoms with Gasteiger partial charge in [0.05, 0.1) is 11.5 Å². The van der Waals surface area contributed by atoms with Gasteiger partial charge in [-0.15, -0.1) is 0 Å². The fourth-order valence-electron chi connectivity index (χ4n) is 3.77.